The normalized spacial score (nSPS) is 20.3. The molecule has 0 fully saturated rings. The summed E-state index contributed by atoms with van der Waals surface area (Å²) in [6.07, 6.45) is 4.84. The summed E-state index contributed by atoms with van der Waals surface area (Å²) >= 11 is 0. The van der Waals surface area contributed by atoms with Crippen LogP contribution in [0.2, 0.25) is 0 Å². The number of hydrogen-bond donors (Lipinski definition) is 0. The number of methoxy groups -OCH3 is 1. The summed E-state index contributed by atoms with van der Waals surface area (Å²) in [6, 6.07) is 5.42. The molecule has 1 aromatic rings. The molecule has 2 atom stereocenters. The van der Waals surface area contributed by atoms with Crippen LogP contribution in [0.5, 0.6) is 0 Å². The van der Waals surface area contributed by atoms with Crippen LogP contribution in [0.25, 0.3) is 0 Å². The van der Waals surface area contributed by atoms with E-state index in [0.717, 1.165) is 29.6 Å². The highest BCUT2D eigenvalue weighted by molar-refractivity contribution is 7.89. The van der Waals surface area contributed by atoms with Crippen LogP contribution in [0, 0.1) is 12.8 Å². The Bertz CT molecular complexity index is 869. The quantitative estimate of drug-likeness (QED) is 0.432. The first-order chi connectivity index (χ1) is 13.7. The fraction of sp³-hybridized carbons (Fsp3) is 0.522. The number of esters is 1. The van der Waals surface area contributed by atoms with Gasteiger partial charge in [-0.25, -0.2) is 13.2 Å². The average Bonchev–Trinajstić information content (AvgIpc) is 3.01. The minimum absolute atomic E-state index is 0.00328. The molecule has 0 aliphatic carbocycles. The van der Waals surface area contributed by atoms with Gasteiger partial charge in [0.15, 0.2) is 0 Å². The third kappa shape index (κ3) is 4.64. The molecule has 29 heavy (non-hydrogen) atoms. The van der Waals surface area contributed by atoms with Gasteiger partial charge in [-0.15, -0.1) is 6.58 Å². The maximum absolute atomic E-state index is 13.7. The number of nitrogens with zero attached hydrogens (tertiary/aromatic N) is 1. The summed E-state index contributed by atoms with van der Waals surface area (Å²) in [4.78, 5) is 13.1. The lowest BCUT2D eigenvalue weighted by molar-refractivity contribution is -0.143. The minimum Gasteiger partial charge on any atom is -0.468 e. The van der Waals surface area contributed by atoms with Gasteiger partial charge in [0.2, 0.25) is 10.0 Å². The van der Waals surface area contributed by atoms with Gasteiger partial charge in [0.1, 0.15) is 6.04 Å². The fourth-order valence-corrected chi connectivity index (χ4v) is 5.96. The number of carbonyl (C=O) groups is 1. The molecule has 0 N–H and O–H groups in total. The number of benzene rings is 1. The zero-order chi connectivity index (χ0) is 21.8. The Labute approximate surface area is 175 Å². The van der Waals surface area contributed by atoms with Crippen molar-refractivity contribution in [2.75, 3.05) is 7.11 Å². The zero-order valence-corrected chi connectivity index (χ0v) is 19.0. The lowest BCUT2D eigenvalue weighted by Gasteiger charge is -2.32. The molecule has 1 aliphatic heterocycles. The maximum atomic E-state index is 13.7. The summed E-state index contributed by atoms with van der Waals surface area (Å²) in [5.74, 6) is -0.534. The van der Waals surface area contributed by atoms with Crippen LogP contribution in [-0.4, -0.2) is 37.9 Å². The minimum atomic E-state index is -3.91. The molecule has 0 aromatic heterocycles. The van der Waals surface area contributed by atoms with E-state index in [9.17, 15) is 13.2 Å². The van der Waals surface area contributed by atoms with Crippen LogP contribution in [0.1, 0.15) is 52.0 Å². The summed E-state index contributed by atoms with van der Waals surface area (Å²) in [7, 11) is -2.59. The van der Waals surface area contributed by atoms with Crippen LogP contribution < -0.4 is 0 Å². The largest absolute Gasteiger partial charge is 0.468 e. The van der Waals surface area contributed by atoms with Crippen LogP contribution in [0.15, 0.2) is 53.0 Å². The molecule has 160 valence electrons. The third-order valence-electron chi connectivity index (χ3n) is 5.44. The van der Waals surface area contributed by atoms with E-state index in [-0.39, 0.29) is 10.8 Å². The van der Waals surface area contributed by atoms with E-state index in [1.807, 2.05) is 20.8 Å². The van der Waals surface area contributed by atoms with E-state index in [2.05, 4.69) is 13.5 Å². The highest BCUT2D eigenvalue weighted by Gasteiger charge is 2.51. The molecule has 1 aliphatic rings. The van der Waals surface area contributed by atoms with Gasteiger partial charge in [0, 0.05) is 0 Å². The van der Waals surface area contributed by atoms with Crippen LogP contribution in [0.4, 0.5) is 0 Å². The highest BCUT2D eigenvalue weighted by atomic mass is 32.2. The van der Waals surface area contributed by atoms with Gasteiger partial charge in [-0.05, 0) is 55.4 Å². The van der Waals surface area contributed by atoms with Crippen molar-refractivity contribution in [1.82, 2.24) is 4.31 Å². The number of ether oxygens (including phenoxy) is 1. The van der Waals surface area contributed by atoms with E-state index in [0.29, 0.717) is 12.8 Å². The fourth-order valence-electron chi connectivity index (χ4n) is 4.08. The number of rotatable bonds is 9. The van der Waals surface area contributed by atoms with Crippen LogP contribution >= 0.6 is 0 Å². The SMILES string of the molecule is C=CCC1=C(CCCC)C(C(=O)OC)N(S(=O)(=O)c2ccc(C)cc2)C1C(C)C. The Kier molecular flexibility index (Phi) is 7.83. The van der Waals surface area contributed by atoms with Gasteiger partial charge in [-0.2, -0.15) is 4.31 Å². The van der Waals surface area contributed by atoms with Crippen molar-refractivity contribution in [2.45, 2.75) is 70.4 Å². The molecular formula is C23H33NO4S. The van der Waals surface area contributed by atoms with Gasteiger partial charge in [0.05, 0.1) is 18.0 Å². The summed E-state index contributed by atoms with van der Waals surface area (Å²) < 4.78 is 33.9. The van der Waals surface area contributed by atoms with Crippen LogP contribution in [-0.2, 0) is 19.6 Å². The van der Waals surface area contributed by atoms with Gasteiger partial charge in [0.25, 0.3) is 0 Å². The molecule has 2 unspecified atom stereocenters. The second-order valence-electron chi connectivity index (χ2n) is 7.91. The van der Waals surface area contributed by atoms with Crippen molar-refractivity contribution < 1.29 is 17.9 Å². The van der Waals surface area contributed by atoms with Crippen molar-refractivity contribution in [1.29, 1.82) is 0 Å². The van der Waals surface area contributed by atoms with Crippen molar-refractivity contribution in [3.63, 3.8) is 0 Å². The van der Waals surface area contributed by atoms with E-state index in [1.54, 1.807) is 30.3 Å². The maximum Gasteiger partial charge on any atom is 0.328 e. The summed E-state index contributed by atoms with van der Waals surface area (Å²) in [5.41, 5.74) is 2.83. The number of unbranched alkanes of at least 4 members (excludes halogenated alkanes) is 1. The summed E-state index contributed by atoms with van der Waals surface area (Å²) in [6.45, 7) is 11.8. The second-order valence-corrected chi connectivity index (χ2v) is 9.75. The van der Waals surface area contributed by atoms with Gasteiger partial charge >= 0.3 is 5.97 Å². The van der Waals surface area contributed by atoms with Crippen molar-refractivity contribution in [2.24, 2.45) is 5.92 Å². The molecule has 0 spiro atoms. The second kappa shape index (κ2) is 9.72. The van der Waals surface area contributed by atoms with Crippen LogP contribution in [0.3, 0.4) is 0 Å². The monoisotopic (exact) mass is 419 g/mol. The third-order valence-corrected chi connectivity index (χ3v) is 7.31. The Balaban J connectivity index is 2.70. The standard InChI is InChI=1S/C23H33NO4S/c1-7-9-11-20-19(10-8-2)21(16(3)4)24(22(20)23(25)28-6)29(26,27)18-14-12-17(5)13-15-18/h8,12-16,21-22H,2,7,9-11H2,1,3-6H3. The Morgan fingerprint density at radius 1 is 1.24 bits per heavy atom. The number of carbonyl (C=O) groups excluding carboxylic acids is 1. The molecule has 0 saturated heterocycles. The Morgan fingerprint density at radius 2 is 1.86 bits per heavy atom. The Hall–Kier alpha value is -1.92. The lowest BCUT2D eigenvalue weighted by Crippen LogP contribution is -2.49. The van der Waals surface area contributed by atoms with Gasteiger partial charge in [-0.3, -0.25) is 0 Å². The smallest absolute Gasteiger partial charge is 0.328 e. The van der Waals surface area contributed by atoms with Gasteiger partial charge < -0.3 is 4.74 Å². The van der Waals surface area contributed by atoms with Crippen molar-refractivity contribution in [3.8, 4) is 0 Å². The van der Waals surface area contributed by atoms with Crippen molar-refractivity contribution >= 4 is 16.0 Å². The highest BCUT2D eigenvalue weighted by Crippen LogP contribution is 2.42. The molecule has 0 radical (unpaired) electrons. The zero-order valence-electron chi connectivity index (χ0n) is 18.1. The number of aryl methyl sites for hydroxylation is 1. The molecule has 0 saturated carbocycles. The molecule has 0 amide bonds. The van der Waals surface area contributed by atoms with E-state index in [1.165, 1.54) is 11.4 Å². The molecule has 1 aromatic carbocycles. The number of hydrogen-bond acceptors (Lipinski definition) is 4. The molecule has 6 heteroatoms. The topological polar surface area (TPSA) is 63.7 Å². The molecule has 0 bridgehead atoms. The van der Waals surface area contributed by atoms with E-state index >= 15 is 0 Å². The first-order valence-corrected chi connectivity index (χ1v) is 11.6. The lowest BCUT2D eigenvalue weighted by atomic mass is 9.90. The van der Waals surface area contributed by atoms with E-state index < -0.39 is 28.1 Å². The number of allylic oxidation sites excluding steroid dienone is 1. The average molecular weight is 420 g/mol. The first kappa shape index (κ1) is 23.4. The van der Waals surface area contributed by atoms with E-state index in [4.69, 9.17) is 4.74 Å². The summed E-state index contributed by atoms with van der Waals surface area (Å²) in [5, 5.41) is 0. The predicted octanol–water partition coefficient (Wildman–Crippen LogP) is 4.63. The molecular weight excluding hydrogens is 386 g/mol. The number of sulfonamides is 1. The molecule has 1 heterocycles. The Morgan fingerprint density at radius 3 is 2.34 bits per heavy atom. The van der Waals surface area contributed by atoms with Crippen molar-refractivity contribution in [3.05, 3.63) is 53.6 Å². The van der Waals surface area contributed by atoms with Gasteiger partial charge in [-0.1, -0.05) is 51.0 Å². The predicted molar refractivity (Wildman–Crippen MR) is 116 cm³/mol. The molecule has 2 rings (SSSR count). The first-order valence-electron chi connectivity index (χ1n) is 10.2. The molecule has 5 nitrogen and oxygen atoms in total.